The summed E-state index contributed by atoms with van der Waals surface area (Å²) in [6.45, 7) is 5.89. The number of urea groups is 1. The first-order valence-electron chi connectivity index (χ1n) is 18.9. The molecule has 4 fully saturated rings. The zero-order valence-corrected chi connectivity index (χ0v) is 30.9. The number of amides is 3. The van der Waals surface area contributed by atoms with Crippen LogP contribution in [0.5, 0.6) is 0 Å². The van der Waals surface area contributed by atoms with Crippen LogP contribution in [0.25, 0.3) is 0 Å². The SMILES string of the molecule is C[N+]12CC[N+]3(CC(=O)O)CC[N+]4(CC(=O)O)CC[N+](CC(=O)CCCCC[C@@H](N)C(=O)NCCCC[C@H](NC(=O)NCCCC(=O)O)C(=O)O)(CC1)[C@]234. The van der Waals surface area contributed by atoms with Gasteiger partial charge in [0.25, 0.3) is 0 Å². The molecule has 0 aromatic heterocycles. The highest BCUT2D eigenvalue weighted by Crippen LogP contribution is 2.61. The number of unbranched alkanes of at least 4 members (excludes halogenated alkanes) is 3. The highest BCUT2D eigenvalue weighted by Gasteiger charge is 2.98. The molecular weight excluding hydrogens is 696 g/mol. The summed E-state index contributed by atoms with van der Waals surface area (Å²) in [5, 5.41) is 45.7. The van der Waals surface area contributed by atoms with E-state index in [1.54, 1.807) is 0 Å². The Balaban J connectivity index is 1.18. The third-order valence-electron chi connectivity index (χ3n) is 12.4. The molecule has 0 aliphatic carbocycles. The standard InChI is InChI=1S/C34H56N8O11/c1-39-14-16-40(18-19-42(24-30(48)49)21-20-41(17-15-39,23-29(46)47)34(39,40)42)22-25(43)8-3-2-4-9-26(35)31(50)36-12-6-5-10-27(32(51)52)38-33(53)37-13-7-11-28(44)45/h26-27H,2-24,35H2,1H3,(H3-4,36,37,38,44,45,46,47,48,49,50,51,52,53)/p+4/t26-,27+,34-,39?,40?,41?,42?/m1/s1. The van der Waals surface area contributed by atoms with Crippen molar-refractivity contribution in [2.24, 2.45) is 5.73 Å². The number of nitrogens with zero attached hydrogens (tertiary/aromatic N) is 4. The first kappa shape index (κ1) is 41.8. The molecule has 7 atom stereocenters. The molecule has 19 nitrogen and oxygen atoms in total. The molecule has 19 heteroatoms. The zero-order chi connectivity index (χ0) is 39.1. The highest BCUT2D eigenvalue weighted by atomic mass is 16.4. The largest absolute Gasteiger partial charge is 0.482 e. The van der Waals surface area contributed by atoms with Crippen molar-refractivity contribution < 1.29 is 71.9 Å². The van der Waals surface area contributed by atoms with Crippen LogP contribution in [0, 0.1) is 0 Å². The number of carboxylic acid groups (broad SMARTS) is 4. The summed E-state index contributed by atoms with van der Waals surface area (Å²) in [4.78, 5) is 84.7. The lowest BCUT2D eigenvalue weighted by molar-refractivity contribution is -1.36. The number of nitrogens with one attached hydrogen (secondary N) is 3. The van der Waals surface area contributed by atoms with Crippen LogP contribution in [-0.2, 0) is 28.8 Å². The topological polar surface area (TPSA) is 263 Å². The van der Waals surface area contributed by atoms with Crippen molar-refractivity contribution in [1.29, 1.82) is 0 Å². The molecular formula is C34H60N8O11+4. The third kappa shape index (κ3) is 8.43. The van der Waals surface area contributed by atoms with Crippen molar-refractivity contribution >= 4 is 41.6 Å². The average molecular weight is 757 g/mol. The molecule has 4 aliphatic heterocycles. The van der Waals surface area contributed by atoms with Gasteiger partial charge in [0.15, 0.2) is 25.4 Å². The molecule has 3 amide bonds. The Kier molecular flexibility index (Phi) is 13.5. The lowest BCUT2D eigenvalue weighted by Gasteiger charge is -2.49. The van der Waals surface area contributed by atoms with Crippen LogP contribution >= 0.6 is 0 Å². The Morgan fingerprint density at radius 1 is 0.623 bits per heavy atom. The summed E-state index contributed by atoms with van der Waals surface area (Å²) >= 11 is 0. The molecule has 4 heterocycles. The maximum atomic E-state index is 13.7. The number of likely N-dealkylation sites (N-methyl/N-ethyl adjacent to an activating group) is 1. The van der Waals surface area contributed by atoms with Crippen molar-refractivity contribution in [3.8, 4) is 0 Å². The molecule has 4 unspecified atom stereocenters. The van der Waals surface area contributed by atoms with Crippen LogP contribution in [0.1, 0.15) is 64.2 Å². The van der Waals surface area contributed by atoms with Crippen molar-refractivity contribution in [3.05, 3.63) is 0 Å². The van der Waals surface area contributed by atoms with Gasteiger partial charge in [0, 0.05) is 25.9 Å². The van der Waals surface area contributed by atoms with Crippen molar-refractivity contribution in [2.75, 3.05) is 92.1 Å². The molecule has 9 N–H and O–H groups in total. The van der Waals surface area contributed by atoms with E-state index in [0.717, 1.165) is 19.6 Å². The summed E-state index contributed by atoms with van der Waals surface area (Å²) in [5.41, 5.74) is 6.10. The lowest BCUT2D eigenvalue weighted by Crippen LogP contribution is -2.85. The number of aliphatic carboxylic acids is 4. The number of carboxylic acids is 4. The van der Waals surface area contributed by atoms with E-state index >= 15 is 0 Å². The summed E-state index contributed by atoms with van der Waals surface area (Å²) < 4.78 is 1.71. The maximum Gasteiger partial charge on any atom is 0.482 e. The Hall–Kier alpha value is -3.91. The minimum absolute atomic E-state index is 0.0713. The van der Waals surface area contributed by atoms with Gasteiger partial charge in [0.05, 0.1) is 13.1 Å². The number of hydrogen-bond donors (Lipinski definition) is 8. The first-order chi connectivity index (χ1) is 25.0. The molecule has 4 aliphatic rings. The van der Waals surface area contributed by atoms with E-state index in [1.807, 2.05) is 0 Å². The van der Waals surface area contributed by atoms with Crippen LogP contribution in [0.3, 0.4) is 0 Å². The first-order valence-corrected chi connectivity index (χ1v) is 18.9. The van der Waals surface area contributed by atoms with Crippen molar-refractivity contribution in [3.63, 3.8) is 0 Å². The minimum Gasteiger partial charge on any atom is -0.481 e. The Bertz CT molecular complexity index is 1410. The quantitative estimate of drug-likeness (QED) is 0.0412. The van der Waals surface area contributed by atoms with Gasteiger partial charge in [-0.3, -0.25) is 14.4 Å². The smallest absolute Gasteiger partial charge is 0.481 e. The fourth-order valence-corrected chi connectivity index (χ4v) is 10.6. The number of ketones is 1. The van der Waals surface area contributed by atoms with Crippen molar-refractivity contribution in [2.45, 2.75) is 82.2 Å². The number of hydrogen-bond acceptors (Lipinski definition) is 8. The molecule has 0 saturated carbocycles. The molecule has 0 aromatic rings. The zero-order valence-electron chi connectivity index (χ0n) is 30.9. The molecule has 4 saturated heterocycles. The predicted octanol–water partition coefficient (Wildman–Crippen LogP) is -1.53. The van der Waals surface area contributed by atoms with Crippen LogP contribution in [-0.4, -0.2) is 190 Å². The Labute approximate surface area is 309 Å². The monoisotopic (exact) mass is 756 g/mol. The average Bonchev–Trinajstić information content (AvgIpc) is 3.69. The molecule has 0 aromatic carbocycles. The fraction of sp³-hybridized carbons (Fsp3) is 0.794. The van der Waals surface area contributed by atoms with E-state index in [0.29, 0.717) is 95.6 Å². The molecule has 298 valence electrons. The highest BCUT2D eigenvalue weighted by molar-refractivity contribution is 5.82. The Morgan fingerprint density at radius 2 is 1.15 bits per heavy atom. The molecule has 1 spiro atoms. The summed E-state index contributed by atoms with van der Waals surface area (Å²) in [7, 11) is 2.14. The van der Waals surface area contributed by atoms with Gasteiger partial charge < -0.3 is 42.1 Å². The van der Waals surface area contributed by atoms with Crippen molar-refractivity contribution in [1.82, 2.24) is 16.0 Å². The van der Waals surface area contributed by atoms with E-state index in [4.69, 9.17) is 10.8 Å². The number of carbonyl (C=O) groups excluding carboxylic acids is 3. The van der Waals surface area contributed by atoms with Gasteiger partial charge >= 0.3 is 35.8 Å². The Morgan fingerprint density at radius 3 is 1.70 bits per heavy atom. The van der Waals surface area contributed by atoms with Gasteiger partial charge in [0.1, 0.15) is 58.4 Å². The minimum atomic E-state index is -1.20. The third-order valence-corrected chi connectivity index (χ3v) is 12.4. The van der Waals surface area contributed by atoms with E-state index in [9.17, 15) is 48.9 Å². The summed E-state index contributed by atoms with van der Waals surface area (Å²) in [6.07, 6.45) is 3.86. The van der Waals surface area contributed by atoms with Gasteiger partial charge in [-0.05, 0) is 38.5 Å². The second-order valence-corrected chi connectivity index (χ2v) is 15.8. The van der Waals surface area contributed by atoms with E-state index in [2.05, 4.69) is 23.0 Å². The second-order valence-electron chi connectivity index (χ2n) is 15.8. The summed E-state index contributed by atoms with van der Waals surface area (Å²) in [5.74, 6) is -4.93. The fourth-order valence-electron chi connectivity index (χ4n) is 10.6. The predicted molar refractivity (Wildman–Crippen MR) is 186 cm³/mol. The number of rotatable bonds is 24. The normalized spacial score (nSPS) is 30.5. The van der Waals surface area contributed by atoms with Gasteiger partial charge in [-0.2, -0.15) is 8.97 Å². The van der Waals surface area contributed by atoms with Gasteiger partial charge in [-0.1, -0.05) is 12.8 Å². The van der Waals surface area contributed by atoms with E-state index in [1.165, 1.54) is 0 Å². The number of quaternary nitrogens is 4. The molecule has 53 heavy (non-hydrogen) atoms. The molecule has 0 radical (unpaired) electrons. The van der Waals surface area contributed by atoms with Crippen LogP contribution < -0.4 is 21.7 Å². The van der Waals surface area contributed by atoms with Gasteiger partial charge in [0.2, 0.25) is 5.91 Å². The second kappa shape index (κ2) is 17.0. The van der Waals surface area contributed by atoms with Gasteiger partial charge in [-0.25, -0.2) is 19.2 Å². The maximum absolute atomic E-state index is 13.7. The van der Waals surface area contributed by atoms with Crippen LogP contribution in [0.2, 0.25) is 0 Å². The summed E-state index contributed by atoms with van der Waals surface area (Å²) in [6, 6.07) is -2.57. The van der Waals surface area contributed by atoms with Crippen LogP contribution in [0.4, 0.5) is 4.79 Å². The van der Waals surface area contributed by atoms with E-state index < -0.39 is 47.9 Å². The van der Waals surface area contributed by atoms with Gasteiger partial charge in [-0.15, -0.1) is 8.97 Å². The number of carbonyl (C=O) groups is 7. The molecule has 0 bridgehead atoms. The molecule has 4 rings (SSSR count). The van der Waals surface area contributed by atoms with E-state index in [-0.39, 0.29) is 63.7 Å². The number of Topliss-reactive ketones (excluding diaryl/α,β-unsaturated/α-hetero) is 1. The number of nitrogens with two attached hydrogens (primary N) is 1. The van der Waals surface area contributed by atoms with Crippen LogP contribution in [0.15, 0.2) is 0 Å². The lowest BCUT2D eigenvalue weighted by atomic mass is 10.0.